The summed E-state index contributed by atoms with van der Waals surface area (Å²) in [5.41, 5.74) is 0. The van der Waals surface area contributed by atoms with Crippen LogP contribution in [0, 0.1) is 0 Å². The van der Waals surface area contributed by atoms with Crippen LogP contribution >= 0.6 is 0 Å². The Morgan fingerprint density at radius 3 is 1.05 bits per heavy atom. The van der Waals surface area contributed by atoms with E-state index in [4.69, 9.17) is 14.2 Å². The second kappa shape index (κ2) is 50.0. The van der Waals surface area contributed by atoms with Gasteiger partial charge in [0.2, 0.25) is 0 Å². The van der Waals surface area contributed by atoms with Gasteiger partial charge in [-0.15, -0.1) is 0 Å². The normalized spacial score (nSPS) is 12.1. The van der Waals surface area contributed by atoms with Crippen molar-refractivity contribution in [2.75, 3.05) is 19.8 Å². The molecule has 0 rings (SSSR count). The molecule has 0 aromatic rings. The summed E-state index contributed by atoms with van der Waals surface area (Å²) in [7, 11) is 0. The highest BCUT2D eigenvalue weighted by Gasteiger charge is 2.17. The molecule has 0 bridgehead atoms. The van der Waals surface area contributed by atoms with Gasteiger partial charge in [-0.05, 0) is 44.9 Å². The number of carbonyl (C=O) groups is 2. The number of allylic oxidation sites excluding steroid dienone is 2. The zero-order chi connectivity index (χ0) is 42.1. The highest BCUT2D eigenvalue weighted by molar-refractivity contribution is 5.70. The highest BCUT2D eigenvalue weighted by atomic mass is 16.6. The van der Waals surface area contributed by atoms with Crippen LogP contribution in [0.5, 0.6) is 0 Å². The zero-order valence-corrected chi connectivity index (χ0v) is 39.6. The Morgan fingerprint density at radius 1 is 0.362 bits per heavy atom. The fourth-order valence-corrected chi connectivity index (χ4v) is 7.86. The Bertz CT molecular complexity index is 840. The van der Waals surface area contributed by atoms with Gasteiger partial charge in [0.05, 0.1) is 6.61 Å². The van der Waals surface area contributed by atoms with Crippen LogP contribution in [0.4, 0.5) is 0 Å². The molecule has 0 aliphatic heterocycles. The fraction of sp³-hybridized carbons (Fsp3) is 0.925. The van der Waals surface area contributed by atoms with Crippen molar-refractivity contribution in [3.8, 4) is 0 Å². The molecule has 0 aromatic carbocycles. The maximum absolute atomic E-state index is 12.8. The van der Waals surface area contributed by atoms with Gasteiger partial charge in [-0.25, -0.2) is 0 Å². The second-order valence-electron chi connectivity index (χ2n) is 17.8. The topological polar surface area (TPSA) is 61.8 Å². The first-order chi connectivity index (χ1) is 28.6. The van der Waals surface area contributed by atoms with Gasteiger partial charge in [-0.2, -0.15) is 0 Å². The number of unbranched alkanes of at least 4 members (excludes halogenated alkanes) is 36. The van der Waals surface area contributed by atoms with Crippen molar-refractivity contribution in [1.29, 1.82) is 0 Å². The van der Waals surface area contributed by atoms with Gasteiger partial charge in [0, 0.05) is 19.4 Å². The summed E-state index contributed by atoms with van der Waals surface area (Å²) in [6.45, 7) is 7.88. The first kappa shape index (κ1) is 56.6. The lowest BCUT2D eigenvalue weighted by Gasteiger charge is -2.18. The maximum atomic E-state index is 12.8. The monoisotopic (exact) mass is 819 g/mol. The number of hydrogen-bond acceptors (Lipinski definition) is 5. The van der Waals surface area contributed by atoms with E-state index in [2.05, 4.69) is 32.9 Å². The average Bonchev–Trinajstić information content (AvgIpc) is 3.22. The third-order valence-corrected chi connectivity index (χ3v) is 11.8. The van der Waals surface area contributed by atoms with Crippen LogP contribution in [0.2, 0.25) is 0 Å². The molecule has 0 radical (unpaired) electrons. The largest absolute Gasteiger partial charge is 0.462 e. The lowest BCUT2D eigenvalue weighted by Crippen LogP contribution is -2.30. The van der Waals surface area contributed by atoms with Crippen molar-refractivity contribution < 1.29 is 23.8 Å². The van der Waals surface area contributed by atoms with Crippen LogP contribution < -0.4 is 0 Å². The molecule has 0 saturated carbocycles. The minimum absolute atomic E-state index is 0.0934. The van der Waals surface area contributed by atoms with E-state index in [0.29, 0.717) is 26.1 Å². The summed E-state index contributed by atoms with van der Waals surface area (Å²) in [5, 5.41) is 0. The van der Waals surface area contributed by atoms with Crippen LogP contribution in [0.15, 0.2) is 12.2 Å². The molecule has 0 aromatic heterocycles. The lowest BCUT2D eigenvalue weighted by atomic mass is 10.0. The van der Waals surface area contributed by atoms with E-state index in [1.165, 1.54) is 225 Å². The molecule has 1 unspecified atom stereocenters. The highest BCUT2D eigenvalue weighted by Crippen LogP contribution is 2.16. The molecule has 0 saturated heterocycles. The minimum atomic E-state index is -0.525. The van der Waals surface area contributed by atoms with Crippen molar-refractivity contribution in [1.82, 2.24) is 0 Å². The standard InChI is InChI=1S/C53H102O5/c1-4-7-10-13-16-19-22-24-25-26-27-28-29-31-32-34-37-40-43-46-52(54)57-50-51(49-56-48-45-42-39-36-21-18-15-12-9-6-3)58-53(55)47-44-41-38-35-33-30-23-20-17-14-11-8-5-2/h24-25,51H,4-23,26-50H2,1-3H3/b25-24-. The van der Waals surface area contributed by atoms with E-state index in [9.17, 15) is 9.59 Å². The molecule has 0 aliphatic rings. The van der Waals surface area contributed by atoms with Crippen LogP contribution in [-0.4, -0.2) is 37.9 Å². The quantitative estimate of drug-likeness (QED) is 0.0348. The van der Waals surface area contributed by atoms with Gasteiger partial charge >= 0.3 is 11.9 Å². The number of rotatable bonds is 49. The van der Waals surface area contributed by atoms with Gasteiger partial charge in [0.1, 0.15) is 6.61 Å². The van der Waals surface area contributed by atoms with E-state index in [1.807, 2.05) is 0 Å². The first-order valence-electron chi connectivity index (χ1n) is 26.2. The Balaban J connectivity index is 4.13. The van der Waals surface area contributed by atoms with Crippen LogP contribution in [0.1, 0.15) is 290 Å². The molecule has 5 heteroatoms. The molecule has 0 aliphatic carbocycles. The second-order valence-corrected chi connectivity index (χ2v) is 17.8. The van der Waals surface area contributed by atoms with Crippen LogP contribution in [0.3, 0.4) is 0 Å². The predicted molar refractivity (Wildman–Crippen MR) is 252 cm³/mol. The predicted octanol–water partition coefficient (Wildman–Crippen LogP) is 17.5. The molecular formula is C53H102O5. The number of esters is 2. The van der Waals surface area contributed by atoms with E-state index >= 15 is 0 Å². The molecule has 0 heterocycles. The third kappa shape index (κ3) is 47.3. The maximum Gasteiger partial charge on any atom is 0.306 e. The first-order valence-corrected chi connectivity index (χ1v) is 26.2. The Hall–Kier alpha value is -1.36. The average molecular weight is 819 g/mol. The fourth-order valence-electron chi connectivity index (χ4n) is 7.86. The minimum Gasteiger partial charge on any atom is -0.462 e. The summed E-state index contributed by atoms with van der Waals surface area (Å²) in [5.74, 6) is -0.379. The van der Waals surface area contributed by atoms with E-state index in [0.717, 1.165) is 32.1 Å². The molecule has 58 heavy (non-hydrogen) atoms. The van der Waals surface area contributed by atoms with Gasteiger partial charge in [0.15, 0.2) is 6.10 Å². The summed E-state index contributed by atoms with van der Waals surface area (Å²) in [6.07, 6.45) is 56.4. The zero-order valence-electron chi connectivity index (χ0n) is 39.6. The molecule has 1 atom stereocenters. The van der Waals surface area contributed by atoms with E-state index in [1.54, 1.807) is 0 Å². The summed E-state index contributed by atoms with van der Waals surface area (Å²) in [6, 6.07) is 0. The van der Waals surface area contributed by atoms with Gasteiger partial charge in [-0.3, -0.25) is 9.59 Å². The molecule has 0 amide bonds. The van der Waals surface area contributed by atoms with Gasteiger partial charge < -0.3 is 14.2 Å². The molecule has 0 spiro atoms. The number of hydrogen-bond donors (Lipinski definition) is 0. The molecule has 0 N–H and O–H groups in total. The summed E-state index contributed by atoms with van der Waals surface area (Å²) in [4.78, 5) is 25.3. The molecule has 5 nitrogen and oxygen atoms in total. The van der Waals surface area contributed by atoms with Crippen molar-refractivity contribution in [2.24, 2.45) is 0 Å². The van der Waals surface area contributed by atoms with E-state index < -0.39 is 6.10 Å². The molecule has 344 valence electrons. The number of ether oxygens (including phenoxy) is 3. The van der Waals surface area contributed by atoms with Crippen molar-refractivity contribution >= 4 is 11.9 Å². The van der Waals surface area contributed by atoms with Gasteiger partial charge in [-0.1, -0.05) is 245 Å². The van der Waals surface area contributed by atoms with E-state index in [-0.39, 0.29) is 18.5 Å². The van der Waals surface area contributed by atoms with Crippen LogP contribution in [-0.2, 0) is 23.8 Å². The van der Waals surface area contributed by atoms with Crippen LogP contribution in [0.25, 0.3) is 0 Å². The van der Waals surface area contributed by atoms with Crippen molar-refractivity contribution in [2.45, 2.75) is 297 Å². The van der Waals surface area contributed by atoms with Gasteiger partial charge in [0.25, 0.3) is 0 Å². The smallest absolute Gasteiger partial charge is 0.306 e. The summed E-state index contributed by atoms with van der Waals surface area (Å²) < 4.78 is 17.4. The molecular weight excluding hydrogens is 717 g/mol. The Morgan fingerprint density at radius 2 is 0.672 bits per heavy atom. The van der Waals surface area contributed by atoms with Crippen molar-refractivity contribution in [3.05, 3.63) is 12.2 Å². The lowest BCUT2D eigenvalue weighted by molar-refractivity contribution is -0.163. The Kier molecular flexibility index (Phi) is 48.8. The SMILES string of the molecule is CCCCCCCC/C=C\CCCCCCCCCCCC(=O)OCC(COCCCCCCCCCCCC)OC(=O)CCCCCCCCCCCCCCC. The third-order valence-electron chi connectivity index (χ3n) is 11.8. The molecule has 0 fully saturated rings. The van der Waals surface area contributed by atoms with Crippen molar-refractivity contribution in [3.63, 3.8) is 0 Å². The number of carbonyl (C=O) groups excluding carboxylic acids is 2. The summed E-state index contributed by atoms with van der Waals surface area (Å²) >= 11 is 0. The Labute approximate surface area is 363 Å².